The number of aliphatic carboxylic acids is 1. The number of hydrogen-bond acceptors (Lipinski definition) is 5. The number of aliphatic hydroxyl groups is 1. The highest BCUT2D eigenvalue weighted by Crippen LogP contribution is 2.54. The van der Waals surface area contributed by atoms with Crippen LogP contribution in [0.25, 0.3) is 0 Å². The van der Waals surface area contributed by atoms with Gasteiger partial charge in [0.2, 0.25) is 5.91 Å². The van der Waals surface area contributed by atoms with Crippen molar-refractivity contribution in [1.29, 1.82) is 0 Å². The Kier molecular flexibility index (Phi) is 10.6. The van der Waals surface area contributed by atoms with Gasteiger partial charge in [-0.05, 0) is 31.0 Å². The number of anilines is 1. The van der Waals surface area contributed by atoms with Crippen molar-refractivity contribution in [3.05, 3.63) is 102 Å². The number of para-hydroxylation sites is 1. The molecule has 48 heavy (non-hydrogen) atoms. The molecule has 0 unspecified atom stereocenters. The molecule has 1 heterocycles. The summed E-state index contributed by atoms with van der Waals surface area (Å²) >= 11 is 0. The molecule has 1 fully saturated rings. The standard InChI is InChI=1S/C32H28F9N3O4/c33-29(34,30(35,36)31(37,38)32(39,40)41)26(45)25(28(47)48)43-24(20-12-5-2-6-13-20)21-14-7-8-15-22(21)42-27(46)23-16-9-17-44(23)18-19-10-3-1-4-11-19/h1-8,10-15,23,25-26,45H,9,16-18H2,(H,42,46)(H,47,48)/t23-,25-,26-/m0/s1. The van der Waals surface area contributed by atoms with E-state index >= 15 is 0 Å². The zero-order valence-electron chi connectivity index (χ0n) is 24.7. The number of carboxylic acids is 1. The second-order valence-corrected chi connectivity index (χ2v) is 11.0. The molecule has 258 valence electrons. The third-order valence-corrected chi connectivity index (χ3v) is 7.74. The molecule has 0 saturated carbocycles. The third kappa shape index (κ3) is 7.18. The Morgan fingerprint density at radius 2 is 1.40 bits per heavy atom. The topological polar surface area (TPSA) is 102 Å². The highest BCUT2D eigenvalue weighted by molar-refractivity contribution is 6.17. The Labute approximate surface area is 267 Å². The van der Waals surface area contributed by atoms with Crippen LogP contribution in [-0.4, -0.2) is 81.4 Å². The summed E-state index contributed by atoms with van der Waals surface area (Å²) in [6, 6.07) is 17.4. The molecule has 4 rings (SSSR count). The number of carbonyl (C=O) groups is 2. The molecule has 1 amide bonds. The number of nitrogens with zero attached hydrogens (tertiary/aromatic N) is 2. The van der Waals surface area contributed by atoms with Crippen LogP contribution in [-0.2, 0) is 16.1 Å². The van der Waals surface area contributed by atoms with Crippen LogP contribution in [0, 0.1) is 0 Å². The smallest absolute Gasteiger partial charge is 0.460 e. The Bertz CT molecular complexity index is 1620. The molecule has 0 radical (unpaired) electrons. The third-order valence-electron chi connectivity index (χ3n) is 7.74. The maximum Gasteiger partial charge on any atom is 0.460 e. The first-order valence-electron chi connectivity index (χ1n) is 14.3. The monoisotopic (exact) mass is 689 g/mol. The highest BCUT2D eigenvalue weighted by Gasteiger charge is 2.83. The molecular formula is C32H28F9N3O4. The van der Waals surface area contributed by atoms with Gasteiger partial charge in [0.1, 0.15) is 0 Å². The molecule has 3 aromatic carbocycles. The summed E-state index contributed by atoms with van der Waals surface area (Å²) in [5.41, 5.74) is 0.0478. The number of nitrogens with one attached hydrogen (secondary N) is 1. The SMILES string of the molecule is O=C(O)[C@@H](N=C(c1ccccc1)c1ccccc1NC(=O)[C@@H]1CCCN1Cc1ccccc1)[C@H](O)C(F)(F)C(F)(F)C(F)(F)C(F)(F)F. The Balaban J connectivity index is 1.75. The number of alkyl halides is 9. The molecule has 1 saturated heterocycles. The molecule has 16 heteroatoms. The van der Waals surface area contributed by atoms with E-state index in [-0.39, 0.29) is 16.8 Å². The van der Waals surface area contributed by atoms with Crippen LogP contribution >= 0.6 is 0 Å². The minimum atomic E-state index is -7.37. The zero-order chi connectivity index (χ0) is 35.5. The summed E-state index contributed by atoms with van der Waals surface area (Å²) < 4.78 is 123. The summed E-state index contributed by atoms with van der Waals surface area (Å²) in [7, 11) is 0. The van der Waals surface area contributed by atoms with E-state index in [1.807, 2.05) is 35.2 Å². The fourth-order valence-corrected chi connectivity index (χ4v) is 5.21. The summed E-state index contributed by atoms with van der Waals surface area (Å²) in [6.07, 6.45) is -10.4. The van der Waals surface area contributed by atoms with Crippen molar-refractivity contribution in [1.82, 2.24) is 4.90 Å². The molecule has 3 N–H and O–H groups in total. The molecule has 1 aliphatic rings. The summed E-state index contributed by atoms with van der Waals surface area (Å²) in [5, 5.41) is 22.5. The van der Waals surface area contributed by atoms with Gasteiger partial charge in [0, 0.05) is 17.7 Å². The quantitative estimate of drug-likeness (QED) is 0.151. The molecule has 0 aliphatic carbocycles. The summed E-state index contributed by atoms with van der Waals surface area (Å²) in [4.78, 5) is 31.0. The molecule has 1 aliphatic heterocycles. The van der Waals surface area contributed by atoms with Gasteiger partial charge in [0.05, 0.1) is 17.4 Å². The predicted molar refractivity (Wildman–Crippen MR) is 155 cm³/mol. The lowest BCUT2D eigenvalue weighted by Gasteiger charge is -2.36. The highest BCUT2D eigenvalue weighted by atomic mass is 19.4. The number of carboxylic acid groups (broad SMARTS) is 1. The van der Waals surface area contributed by atoms with Crippen LogP contribution in [0.5, 0.6) is 0 Å². The van der Waals surface area contributed by atoms with Crippen molar-refractivity contribution in [2.75, 3.05) is 11.9 Å². The number of rotatable bonds is 12. The maximum absolute atomic E-state index is 14.7. The van der Waals surface area contributed by atoms with E-state index in [0.717, 1.165) is 5.56 Å². The van der Waals surface area contributed by atoms with E-state index in [4.69, 9.17) is 0 Å². The second-order valence-electron chi connectivity index (χ2n) is 11.0. The van der Waals surface area contributed by atoms with Gasteiger partial charge in [-0.15, -0.1) is 0 Å². The number of amides is 1. The normalized spacial score (nSPS) is 18.0. The molecule has 0 aromatic heterocycles. The number of halogens is 9. The first-order chi connectivity index (χ1) is 22.4. The van der Waals surface area contributed by atoms with Gasteiger partial charge < -0.3 is 15.5 Å². The Hall–Kier alpha value is -4.44. The molecule has 7 nitrogen and oxygen atoms in total. The lowest BCUT2D eigenvalue weighted by Crippen LogP contribution is -2.66. The van der Waals surface area contributed by atoms with Gasteiger partial charge in [-0.1, -0.05) is 78.9 Å². The van der Waals surface area contributed by atoms with Crippen molar-refractivity contribution in [3.63, 3.8) is 0 Å². The zero-order valence-corrected chi connectivity index (χ0v) is 24.7. The van der Waals surface area contributed by atoms with Gasteiger partial charge >= 0.3 is 29.9 Å². The Morgan fingerprint density at radius 3 is 1.98 bits per heavy atom. The molecule has 0 bridgehead atoms. The van der Waals surface area contributed by atoms with Gasteiger partial charge in [0.15, 0.2) is 12.1 Å². The van der Waals surface area contributed by atoms with Crippen LogP contribution < -0.4 is 5.32 Å². The van der Waals surface area contributed by atoms with E-state index in [1.165, 1.54) is 54.6 Å². The van der Waals surface area contributed by atoms with Crippen molar-refractivity contribution in [2.24, 2.45) is 4.99 Å². The van der Waals surface area contributed by atoms with Gasteiger partial charge in [-0.2, -0.15) is 39.5 Å². The molecule has 3 aromatic rings. The molecular weight excluding hydrogens is 661 g/mol. The van der Waals surface area contributed by atoms with Crippen molar-refractivity contribution >= 4 is 23.3 Å². The van der Waals surface area contributed by atoms with Crippen LogP contribution in [0.4, 0.5) is 45.2 Å². The van der Waals surface area contributed by atoms with Crippen LogP contribution in [0.2, 0.25) is 0 Å². The first kappa shape index (κ1) is 36.4. The molecule has 3 atom stereocenters. The summed E-state index contributed by atoms with van der Waals surface area (Å²) in [6.45, 7) is 1.01. The second kappa shape index (κ2) is 14.0. The van der Waals surface area contributed by atoms with E-state index in [1.54, 1.807) is 0 Å². The lowest BCUT2D eigenvalue weighted by molar-refractivity contribution is -0.406. The fraction of sp³-hybridized carbons (Fsp3) is 0.344. The average molecular weight is 690 g/mol. The van der Waals surface area contributed by atoms with Crippen LogP contribution in [0.3, 0.4) is 0 Å². The number of benzene rings is 3. The van der Waals surface area contributed by atoms with Gasteiger partial charge in [-0.3, -0.25) is 14.7 Å². The number of aliphatic hydroxyl groups excluding tert-OH is 1. The molecule has 0 spiro atoms. The number of hydrogen-bond donors (Lipinski definition) is 3. The van der Waals surface area contributed by atoms with Crippen molar-refractivity contribution in [2.45, 2.75) is 61.5 Å². The Morgan fingerprint density at radius 1 is 0.833 bits per heavy atom. The first-order valence-corrected chi connectivity index (χ1v) is 14.3. The van der Waals surface area contributed by atoms with E-state index in [0.29, 0.717) is 25.9 Å². The fourth-order valence-electron chi connectivity index (χ4n) is 5.21. The largest absolute Gasteiger partial charge is 0.480 e. The van der Waals surface area contributed by atoms with Gasteiger partial charge in [0.25, 0.3) is 0 Å². The minimum absolute atomic E-state index is 0.0593. The number of carbonyl (C=O) groups excluding carboxylic acids is 1. The predicted octanol–water partition coefficient (Wildman–Crippen LogP) is 6.41. The van der Waals surface area contributed by atoms with Crippen LogP contribution in [0.15, 0.2) is 89.9 Å². The summed E-state index contributed by atoms with van der Waals surface area (Å²) in [5.74, 6) is -24.4. The van der Waals surface area contributed by atoms with E-state index < -0.39 is 59.7 Å². The number of aliphatic imine (C=N–C) groups is 1. The average Bonchev–Trinajstić information content (AvgIpc) is 3.50. The van der Waals surface area contributed by atoms with Gasteiger partial charge in [-0.25, -0.2) is 4.79 Å². The minimum Gasteiger partial charge on any atom is -0.480 e. The lowest BCUT2D eigenvalue weighted by atomic mass is 9.93. The maximum atomic E-state index is 14.7. The van der Waals surface area contributed by atoms with Crippen molar-refractivity contribution in [3.8, 4) is 0 Å². The number of likely N-dealkylation sites (tertiary alicyclic amines) is 1. The van der Waals surface area contributed by atoms with E-state index in [9.17, 15) is 59.3 Å². The van der Waals surface area contributed by atoms with Crippen LogP contribution in [0.1, 0.15) is 29.5 Å². The van der Waals surface area contributed by atoms with Crippen molar-refractivity contribution < 1.29 is 59.3 Å². The van der Waals surface area contributed by atoms with E-state index in [2.05, 4.69) is 10.3 Å².